The number of benzene rings is 1. The molecule has 2 fully saturated rings. The average Bonchev–Trinajstić information content (AvgIpc) is 3.19. The Morgan fingerprint density at radius 3 is 2.58 bits per heavy atom. The fourth-order valence-corrected chi connectivity index (χ4v) is 3.68. The lowest BCUT2D eigenvalue weighted by molar-refractivity contribution is 0.0679. The monoisotopic (exact) mass is 360 g/mol. The SMILES string of the molecule is CC(C)(CNC(=O)c1ccc(OCC2CCCO2)cc1)N1CCCCC1. The van der Waals surface area contributed by atoms with Crippen LogP contribution >= 0.6 is 0 Å². The quantitative estimate of drug-likeness (QED) is 0.811. The van der Waals surface area contributed by atoms with Gasteiger partial charge in [-0.3, -0.25) is 9.69 Å². The van der Waals surface area contributed by atoms with Gasteiger partial charge in [0.15, 0.2) is 0 Å². The minimum absolute atomic E-state index is 0.0135. The van der Waals surface area contributed by atoms with Crippen LogP contribution in [0.1, 0.15) is 56.3 Å². The molecule has 0 aromatic heterocycles. The summed E-state index contributed by atoms with van der Waals surface area (Å²) in [4.78, 5) is 14.9. The molecule has 1 aromatic rings. The lowest BCUT2D eigenvalue weighted by atomic mass is 9.98. The number of hydrogen-bond donors (Lipinski definition) is 1. The van der Waals surface area contributed by atoms with E-state index in [1.807, 2.05) is 24.3 Å². The van der Waals surface area contributed by atoms with Crippen LogP contribution in [0.3, 0.4) is 0 Å². The smallest absolute Gasteiger partial charge is 0.251 e. The Morgan fingerprint density at radius 1 is 1.19 bits per heavy atom. The second-order valence-corrected chi connectivity index (χ2v) is 8.01. The van der Waals surface area contributed by atoms with Crippen molar-refractivity contribution in [1.82, 2.24) is 10.2 Å². The van der Waals surface area contributed by atoms with Crippen molar-refractivity contribution in [2.24, 2.45) is 0 Å². The second-order valence-electron chi connectivity index (χ2n) is 8.01. The van der Waals surface area contributed by atoms with Gasteiger partial charge in [0.1, 0.15) is 12.4 Å². The third-order valence-corrected chi connectivity index (χ3v) is 5.47. The minimum Gasteiger partial charge on any atom is -0.491 e. The summed E-state index contributed by atoms with van der Waals surface area (Å²) in [7, 11) is 0. The van der Waals surface area contributed by atoms with Gasteiger partial charge < -0.3 is 14.8 Å². The Hall–Kier alpha value is -1.59. The van der Waals surface area contributed by atoms with E-state index in [-0.39, 0.29) is 17.6 Å². The zero-order valence-corrected chi connectivity index (χ0v) is 16.1. The van der Waals surface area contributed by atoms with Gasteiger partial charge >= 0.3 is 0 Å². The van der Waals surface area contributed by atoms with Gasteiger partial charge in [-0.25, -0.2) is 0 Å². The average molecular weight is 360 g/mol. The highest BCUT2D eigenvalue weighted by atomic mass is 16.5. The van der Waals surface area contributed by atoms with Crippen LogP contribution in [0.4, 0.5) is 0 Å². The summed E-state index contributed by atoms with van der Waals surface area (Å²) in [5, 5.41) is 3.09. The van der Waals surface area contributed by atoms with Crippen molar-refractivity contribution in [2.45, 2.75) is 57.6 Å². The molecule has 5 nitrogen and oxygen atoms in total. The van der Waals surface area contributed by atoms with E-state index < -0.39 is 0 Å². The third-order valence-electron chi connectivity index (χ3n) is 5.47. The standard InChI is InChI=1S/C21H32N2O3/c1-21(2,23-12-4-3-5-13-23)16-22-20(24)17-8-10-18(11-9-17)26-15-19-7-6-14-25-19/h8-11,19H,3-7,12-16H2,1-2H3,(H,22,24). The summed E-state index contributed by atoms with van der Waals surface area (Å²) in [5.74, 6) is 0.756. The Balaban J connectivity index is 1.46. The minimum atomic E-state index is -0.0271. The molecule has 144 valence electrons. The normalized spacial score (nSPS) is 21.5. The molecule has 1 aromatic carbocycles. The third kappa shape index (κ3) is 5.21. The highest BCUT2D eigenvalue weighted by Crippen LogP contribution is 2.20. The van der Waals surface area contributed by atoms with Crippen LogP contribution in [0.5, 0.6) is 5.75 Å². The molecule has 0 aliphatic carbocycles. The van der Waals surface area contributed by atoms with E-state index in [1.165, 1.54) is 19.3 Å². The van der Waals surface area contributed by atoms with Gasteiger partial charge in [-0.15, -0.1) is 0 Å². The maximum absolute atomic E-state index is 12.5. The number of rotatable bonds is 7. The maximum atomic E-state index is 12.5. The van der Waals surface area contributed by atoms with E-state index in [2.05, 4.69) is 24.1 Å². The first-order valence-electron chi connectivity index (χ1n) is 9.92. The molecule has 0 saturated carbocycles. The Labute approximate surface area is 157 Å². The molecular formula is C21H32N2O3. The number of piperidine rings is 1. The molecule has 2 aliphatic heterocycles. The van der Waals surface area contributed by atoms with E-state index in [0.29, 0.717) is 18.7 Å². The molecular weight excluding hydrogens is 328 g/mol. The van der Waals surface area contributed by atoms with E-state index in [4.69, 9.17) is 9.47 Å². The van der Waals surface area contributed by atoms with Crippen LogP contribution in [0.15, 0.2) is 24.3 Å². The summed E-state index contributed by atoms with van der Waals surface area (Å²) < 4.78 is 11.3. The predicted molar refractivity (Wildman–Crippen MR) is 103 cm³/mol. The first-order chi connectivity index (χ1) is 12.5. The maximum Gasteiger partial charge on any atom is 0.251 e. The Bertz CT molecular complexity index is 573. The molecule has 2 saturated heterocycles. The van der Waals surface area contributed by atoms with Gasteiger partial charge in [-0.05, 0) is 76.9 Å². The number of nitrogens with one attached hydrogen (secondary N) is 1. The van der Waals surface area contributed by atoms with E-state index >= 15 is 0 Å². The fraction of sp³-hybridized carbons (Fsp3) is 0.667. The van der Waals surface area contributed by atoms with Crippen molar-refractivity contribution in [3.63, 3.8) is 0 Å². The van der Waals surface area contributed by atoms with Gasteiger partial charge in [0, 0.05) is 24.3 Å². The Morgan fingerprint density at radius 2 is 1.92 bits per heavy atom. The number of amides is 1. The van der Waals surface area contributed by atoms with Crippen LogP contribution < -0.4 is 10.1 Å². The molecule has 26 heavy (non-hydrogen) atoms. The molecule has 1 N–H and O–H groups in total. The zero-order chi connectivity index (χ0) is 18.4. The molecule has 1 amide bonds. The van der Waals surface area contributed by atoms with Crippen molar-refractivity contribution >= 4 is 5.91 Å². The van der Waals surface area contributed by atoms with Gasteiger partial charge in [0.2, 0.25) is 0 Å². The highest BCUT2D eigenvalue weighted by molar-refractivity contribution is 5.94. The van der Waals surface area contributed by atoms with Crippen molar-refractivity contribution < 1.29 is 14.3 Å². The van der Waals surface area contributed by atoms with Gasteiger partial charge in [-0.1, -0.05) is 6.42 Å². The summed E-state index contributed by atoms with van der Waals surface area (Å²) in [6, 6.07) is 7.38. The lowest BCUT2D eigenvalue weighted by Gasteiger charge is -2.41. The van der Waals surface area contributed by atoms with Crippen LogP contribution in [-0.2, 0) is 4.74 Å². The number of carbonyl (C=O) groups is 1. The van der Waals surface area contributed by atoms with Crippen LogP contribution in [0, 0.1) is 0 Å². The number of hydrogen-bond acceptors (Lipinski definition) is 4. The summed E-state index contributed by atoms with van der Waals surface area (Å²) in [5.41, 5.74) is 0.657. The second kappa shape index (κ2) is 8.87. The van der Waals surface area contributed by atoms with E-state index in [0.717, 1.165) is 38.3 Å². The first-order valence-corrected chi connectivity index (χ1v) is 9.92. The molecule has 2 aliphatic rings. The summed E-state index contributed by atoms with van der Waals surface area (Å²) in [6.07, 6.45) is 6.21. The number of nitrogens with zero attached hydrogens (tertiary/aromatic N) is 1. The van der Waals surface area contributed by atoms with Crippen molar-refractivity contribution in [3.05, 3.63) is 29.8 Å². The molecule has 0 spiro atoms. The largest absolute Gasteiger partial charge is 0.491 e. The first kappa shape index (κ1) is 19.2. The van der Waals surface area contributed by atoms with Gasteiger partial charge in [0.05, 0.1) is 6.10 Å². The van der Waals surface area contributed by atoms with Gasteiger partial charge in [-0.2, -0.15) is 0 Å². The van der Waals surface area contributed by atoms with E-state index in [9.17, 15) is 4.79 Å². The highest BCUT2D eigenvalue weighted by Gasteiger charge is 2.28. The van der Waals surface area contributed by atoms with Crippen molar-refractivity contribution in [3.8, 4) is 5.75 Å². The molecule has 1 unspecified atom stereocenters. The van der Waals surface area contributed by atoms with Crippen LogP contribution in [0.25, 0.3) is 0 Å². The van der Waals surface area contributed by atoms with Gasteiger partial charge in [0.25, 0.3) is 5.91 Å². The predicted octanol–water partition coefficient (Wildman–Crippen LogP) is 3.24. The van der Waals surface area contributed by atoms with Crippen LogP contribution in [0.2, 0.25) is 0 Å². The fourth-order valence-electron chi connectivity index (χ4n) is 3.68. The number of ether oxygens (including phenoxy) is 2. The summed E-state index contributed by atoms with van der Waals surface area (Å²) in [6.45, 7) is 8.74. The molecule has 3 rings (SSSR count). The molecule has 0 radical (unpaired) electrons. The van der Waals surface area contributed by atoms with Crippen molar-refractivity contribution in [2.75, 3.05) is 32.8 Å². The lowest BCUT2D eigenvalue weighted by Crippen LogP contribution is -2.53. The van der Waals surface area contributed by atoms with E-state index in [1.54, 1.807) is 0 Å². The summed E-state index contributed by atoms with van der Waals surface area (Å²) >= 11 is 0. The topological polar surface area (TPSA) is 50.8 Å². The zero-order valence-electron chi connectivity index (χ0n) is 16.1. The van der Waals surface area contributed by atoms with Crippen molar-refractivity contribution in [1.29, 1.82) is 0 Å². The number of likely N-dealkylation sites (tertiary alicyclic amines) is 1. The van der Waals surface area contributed by atoms with Crippen LogP contribution in [-0.4, -0.2) is 55.3 Å². The number of carbonyl (C=O) groups excluding carboxylic acids is 1. The molecule has 5 heteroatoms. The molecule has 2 heterocycles. The molecule has 0 bridgehead atoms. The molecule has 1 atom stereocenters. The Kier molecular flexibility index (Phi) is 6.54.